The highest BCUT2D eigenvalue weighted by molar-refractivity contribution is 5.73. The van der Waals surface area contributed by atoms with Gasteiger partial charge in [-0.15, -0.1) is 0 Å². The maximum atomic E-state index is 11.9. The van der Waals surface area contributed by atoms with Gasteiger partial charge in [-0.05, 0) is 42.7 Å². The molecule has 0 heterocycles. The first-order valence-electron chi connectivity index (χ1n) is 9.01. The number of rotatable bonds is 10. The molecule has 0 aromatic heterocycles. The molecule has 25 heavy (non-hydrogen) atoms. The minimum absolute atomic E-state index is 0.121. The molecule has 2 aromatic carbocycles. The summed E-state index contributed by atoms with van der Waals surface area (Å²) in [6.45, 7) is 1.43. The molecule has 0 radical (unpaired) electrons. The molecule has 1 unspecified atom stereocenters. The Morgan fingerprint density at radius 2 is 1.52 bits per heavy atom. The Kier molecular flexibility index (Phi) is 8.56. The lowest BCUT2D eigenvalue weighted by Gasteiger charge is -2.16. The first-order chi connectivity index (χ1) is 12.3. The number of hydrogen-bond acceptors (Lipinski definition) is 2. The lowest BCUT2D eigenvalue weighted by atomic mass is 9.93. The molecule has 0 aliphatic carbocycles. The molecule has 0 saturated carbocycles. The summed E-state index contributed by atoms with van der Waals surface area (Å²) < 4.78 is 0. The van der Waals surface area contributed by atoms with Gasteiger partial charge < -0.3 is 15.7 Å². The van der Waals surface area contributed by atoms with Gasteiger partial charge in [0.25, 0.3) is 0 Å². The van der Waals surface area contributed by atoms with Gasteiger partial charge in [0, 0.05) is 19.7 Å². The number of amides is 2. The van der Waals surface area contributed by atoms with Crippen molar-refractivity contribution < 1.29 is 9.90 Å². The van der Waals surface area contributed by atoms with Crippen LogP contribution in [0.2, 0.25) is 0 Å². The summed E-state index contributed by atoms with van der Waals surface area (Å²) in [6, 6.07) is 20.3. The van der Waals surface area contributed by atoms with Gasteiger partial charge >= 0.3 is 6.03 Å². The summed E-state index contributed by atoms with van der Waals surface area (Å²) >= 11 is 0. The Hall–Kier alpha value is -2.33. The number of carbonyl (C=O) groups excluding carboxylic acids is 1. The Morgan fingerprint density at radius 3 is 2.20 bits per heavy atom. The van der Waals surface area contributed by atoms with Crippen LogP contribution in [-0.2, 0) is 6.42 Å². The summed E-state index contributed by atoms with van der Waals surface area (Å²) in [6.07, 6.45) is 3.43. The molecule has 0 saturated heterocycles. The third-order valence-corrected chi connectivity index (χ3v) is 4.30. The van der Waals surface area contributed by atoms with Crippen molar-refractivity contribution >= 4 is 6.03 Å². The molecule has 0 aliphatic rings. The standard InChI is InChI=1S/C21H28N2O2/c24-17-14-20(19-11-5-2-6-12-19)13-16-23-21(25)22-15-7-10-18-8-3-1-4-9-18/h1-6,8-9,11-12,20,24H,7,10,13-17H2,(H2,22,23,25). The van der Waals surface area contributed by atoms with Crippen molar-refractivity contribution in [2.75, 3.05) is 19.7 Å². The van der Waals surface area contributed by atoms with Crippen LogP contribution in [0.3, 0.4) is 0 Å². The highest BCUT2D eigenvalue weighted by Crippen LogP contribution is 2.22. The maximum Gasteiger partial charge on any atom is 0.314 e. The van der Waals surface area contributed by atoms with Crippen molar-refractivity contribution in [3.8, 4) is 0 Å². The molecule has 3 N–H and O–H groups in total. The Balaban J connectivity index is 1.62. The summed E-state index contributed by atoms with van der Waals surface area (Å²) in [7, 11) is 0. The van der Waals surface area contributed by atoms with Gasteiger partial charge in [-0.1, -0.05) is 60.7 Å². The lowest BCUT2D eigenvalue weighted by Crippen LogP contribution is -2.37. The van der Waals surface area contributed by atoms with Gasteiger partial charge in [0.15, 0.2) is 0 Å². The Labute approximate surface area is 150 Å². The second-order valence-electron chi connectivity index (χ2n) is 6.18. The summed E-state index contributed by atoms with van der Waals surface area (Å²) in [5, 5.41) is 15.1. The van der Waals surface area contributed by atoms with Gasteiger partial charge in [-0.25, -0.2) is 4.79 Å². The van der Waals surface area contributed by atoms with Crippen LogP contribution in [0.25, 0.3) is 0 Å². The first kappa shape index (κ1) is 19.0. The predicted molar refractivity (Wildman–Crippen MR) is 102 cm³/mol. The van der Waals surface area contributed by atoms with Crippen LogP contribution >= 0.6 is 0 Å². The van der Waals surface area contributed by atoms with E-state index in [2.05, 4.69) is 34.9 Å². The number of carbonyl (C=O) groups is 1. The zero-order chi connectivity index (χ0) is 17.7. The van der Waals surface area contributed by atoms with E-state index in [1.54, 1.807) is 0 Å². The van der Waals surface area contributed by atoms with Gasteiger partial charge in [-0.3, -0.25) is 0 Å². The summed E-state index contributed by atoms with van der Waals surface area (Å²) in [5.74, 6) is 0.268. The second-order valence-corrected chi connectivity index (χ2v) is 6.18. The maximum absolute atomic E-state index is 11.9. The van der Waals surface area contributed by atoms with Crippen LogP contribution in [0, 0.1) is 0 Å². The fourth-order valence-electron chi connectivity index (χ4n) is 2.92. The number of benzene rings is 2. The Bertz CT molecular complexity index is 602. The molecule has 0 fully saturated rings. The van der Waals surface area contributed by atoms with Crippen LogP contribution in [0.5, 0.6) is 0 Å². The van der Waals surface area contributed by atoms with Crippen LogP contribution in [0.15, 0.2) is 60.7 Å². The minimum atomic E-state index is -0.121. The molecule has 4 nitrogen and oxygen atoms in total. The first-order valence-corrected chi connectivity index (χ1v) is 9.01. The average molecular weight is 340 g/mol. The quantitative estimate of drug-likeness (QED) is 0.580. The van der Waals surface area contributed by atoms with Gasteiger partial charge in [0.2, 0.25) is 0 Å². The number of aryl methyl sites for hydroxylation is 1. The van der Waals surface area contributed by atoms with Crippen molar-refractivity contribution in [1.29, 1.82) is 0 Å². The number of hydrogen-bond donors (Lipinski definition) is 3. The van der Waals surface area contributed by atoms with Crippen molar-refractivity contribution in [3.63, 3.8) is 0 Å². The number of nitrogens with one attached hydrogen (secondary N) is 2. The molecule has 2 amide bonds. The molecule has 0 bridgehead atoms. The molecular weight excluding hydrogens is 312 g/mol. The third-order valence-electron chi connectivity index (χ3n) is 4.30. The van der Waals surface area contributed by atoms with Gasteiger partial charge in [0.1, 0.15) is 0 Å². The van der Waals surface area contributed by atoms with E-state index in [4.69, 9.17) is 0 Å². The molecule has 2 rings (SSSR count). The number of aliphatic hydroxyl groups excluding tert-OH is 1. The Morgan fingerprint density at radius 1 is 0.880 bits per heavy atom. The highest BCUT2D eigenvalue weighted by atomic mass is 16.3. The zero-order valence-electron chi connectivity index (χ0n) is 14.7. The second kappa shape index (κ2) is 11.3. The van der Waals surface area contributed by atoms with E-state index in [-0.39, 0.29) is 18.6 Å². The van der Waals surface area contributed by atoms with E-state index in [1.165, 1.54) is 11.1 Å². The van der Waals surface area contributed by atoms with Crippen molar-refractivity contribution in [2.24, 2.45) is 0 Å². The predicted octanol–water partition coefficient (Wildman–Crippen LogP) is 3.47. The third kappa shape index (κ3) is 7.40. The van der Waals surface area contributed by atoms with Crippen molar-refractivity contribution in [3.05, 3.63) is 71.8 Å². The van der Waals surface area contributed by atoms with Gasteiger partial charge in [-0.2, -0.15) is 0 Å². The van der Waals surface area contributed by atoms with E-state index in [0.29, 0.717) is 19.5 Å². The van der Waals surface area contributed by atoms with Gasteiger partial charge in [0.05, 0.1) is 0 Å². The van der Waals surface area contributed by atoms with Crippen molar-refractivity contribution in [2.45, 2.75) is 31.6 Å². The van der Waals surface area contributed by atoms with E-state index < -0.39 is 0 Å². The fraction of sp³-hybridized carbons (Fsp3) is 0.381. The molecule has 1 atom stereocenters. The van der Waals surface area contributed by atoms with Crippen LogP contribution in [0.4, 0.5) is 4.79 Å². The van der Waals surface area contributed by atoms with E-state index in [1.807, 2.05) is 36.4 Å². The lowest BCUT2D eigenvalue weighted by molar-refractivity contribution is 0.239. The highest BCUT2D eigenvalue weighted by Gasteiger charge is 2.11. The fourth-order valence-corrected chi connectivity index (χ4v) is 2.92. The SMILES string of the molecule is O=C(NCCCc1ccccc1)NCCC(CCO)c1ccccc1. The molecule has 0 spiro atoms. The van der Waals surface area contributed by atoms with E-state index in [9.17, 15) is 9.90 Å². The molecular formula is C21H28N2O2. The van der Waals surface area contributed by atoms with Crippen molar-refractivity contribution in [1.82, 2.24) is 10.6 Å². The molecule has 0 aliphatic heterocycles. The summed E-state index contributed by atoms with van der Waals surface area (Å²) in [4.78, 5) is 11.9. The molecule has 134 valence electrons. The number of aliphatic hydroxyl groups is 1. The van der Waals surface area contributed by atoms with E-state index in [0.717, 1.165) is 19.3 Å². The van der Waals surface area contributed by atoms with Crippen LogP contribution in [-0.4, -0.2) is 30.8 Å². The topological polar surface area (TPSA) is 61.4 Å². The van der Waals surface area contributed by atoms with E-state index >= 15 is 0 Å². The average Bonchev–Trinajstić information content (AvgIpc) is 2.66. The molecule has 2 aromatic rings. The minimum Gasteiger partial charge on any atom is -0.396 e. The molecule has 4 heteroatoms. The zero-order valence-corrected chi connectivity index (χ0v) is 14.7. The normalized spacial score (nSPS) is 11.7. The van der Waals surface area contributed by atoms with Crippen LogP contribution in [0.1, 0.15) is 36.3 Å². The largest absolute Gasteiger partial charge is 0.396 e. The number of urea groups is 1. The smallest absolute Gasteiger partial charge is 0.314 e. The monoisotopic (exact) mass is 340 g/mol. The van der Waals surface area contributed by atoms with Crippen LogP contribution < -0.4 is 10.6 Å². The summed E-state index contributed by atoms with van der Waals surface area (Å²) in [5.41, 5.74) is 2.50.